The number of hydrogen-bond acceptors (Lipinski definition) is 2. The van der Waals surface area contributed by atoms with Gasteiger partial charge in [0.25, 0.3) is 0 Å². The lowest BCUT2D eigenvalue weighted by Gasteiger charge is -2.02. The lowest BCUT2D eigenvalue weighted by Crippen LogP contribution is -1.80. The Morgan fingerprint density at radius 2 is 1.27 bits per heavy atom. The van der Waals surface area contributed by atoms with Gasteiger partial charge in [0.15, 0.2) is 0 Å². The Balaban J connectivity index is 2.37. The van der Waals surface area contributed by atoms with Crippen LogP contribution in [0.25, 0.3) is 11.1 Å². The van der Waals surface area contributed by atoms with E-state index in [0.29, 0.717) is 0 Å². The number of benzene rings is 2. The highest BCUT2D eigenvalue weighted by Gasteiger charge is 1.96. The lowest BCUT2D eigenvalue weighted by atomic mass is 10.0. The van der Waals surface area contributed by atoms with E-state index in [9.17, 15) is 0 Å². The molecule has 0 unspecified atom stereocenters. The zero-order valence-electron chi connectivity index (χ0n) is 8.14. The van der Waals surface area contributed by atoms with Crippen molar-refractivity contribution < 1.29 is 0 Å². The molecule has 0 aliphatic carbocycles. The number of thiol groups is 1. The molecule has 0 saturated carbocycles. The zero-order valence-corrected chi connectivity index (χ0v) is 9.04. The van der Waals surface area contributed by atoms with Crippen LogP contribution in [0.1, 0.15) is 5.56 Å². The molecule has 2 rings (SSSR count). The quantitative estimate of drug-likeness (QED) is 0.562. The molecule has 0 radical (unpaired) electrons. The smallest absolute Gasteiger partial charge is 0.0250 e. The first-order chi connectivity index (χ1) is 7.29. The van der Waals surface area contributed by atoms with E-state index < -0.39 is 0 Å². The standard InChI is InChI=1S/C13H11NS/c14-9-10-1-3-11(4-2-10)12-5-7-13(15)8-6-12/h1-9,14-15H. The van der Waals surface area contributed by atoms with Crippen molar-refractivity contribution in [2.45, 2.75) is 4.90 Å². The molecule has 0 aliphatic heterocycles. The molecule has 1 N–H and O–H groups in total. The molecule has 0 bridgehead atoms. The molecular weight excluding hydrogens is 202 g/mol. The van der Waals surface area contributed by atoms with E-state index in [-0.39, 0.29) is 0 Å². The van der Waals surface area contributed by atoms with E-state index in [1.54, 1.807) is 0 Å². The first kappa shape index (κ1) is 9.99. The molecule has 0 amide bonds. The van der Waals surface area contributed by atoms with Gasteiger partial charge in [-0.1, -0.05) is 36.4 Å². The molecule has 2 aromatic rings. The third-order valence-corrected chi connectivity index (χ3v) is 2.58. The summed E-state index contributed by atoms with van der Waals surface area (Å²) in [7, 11) is 0. The molecule has 2 heteroatoms. The van der Waals surface area contributed by atoms with Crippen molar-refractivity contribution in [2.24, 2.45) is 0 Å². The van der Waals surface area contributed by atoms with Crippen LogP contribution in [0.2, 0.25) is 0 Å². The Bertz CT molecular complexity index is 457. The fraction of sp³-hybridized carbons (Fsp3) is 0. The van der Waals surface area contributed by atoms with Crippen LogP contribution in [0, 0.1) is 5.41 Å². The van der Waals surface area contributed by atoms with Gasteiger partial charge >= 0.3 is 0 Å². The third-order valence-electron chi connectivity index (χ3n) is 2.28. The lowest BCUT2D eigenvalue weighted by molar-refractivity contribution is 1.47. The van der Waals surface area contributed by atoms with Crippen molar-refractivity contribution in [1.29, 1.82) is 5.41 Å². The Labute approximate surface area is 94.7 Å². The van der Waals surface area contributed by atoms with Crippen LogP contribution in [0.5, 0.6) is 0 Å². The fourth-order valence-electron chi connectivity index (χ4n) is 1.43. The summed E-state index contributed by atoms with van der Waals surface area (Å²) < 4.78 is 0. The molecular formula is C13H11NS. The summed E-state index contributed by atoms with van der Waals surface area (Å²) >= 11 is 4.25. The zero-order chi connectivity index (χ0) is 10.7. The number of hydrogen-bond donors (Lipinski definition) is 2. The van der Waals surface area contributed by atoms with Crippen LogP contribution in [0.4, 0.5) is 0 Å². The molecule has 0 aliphatic rings. The average Bonchev–Trinajstić information content (AvgIpc) is 2.30. The van der Waals surface area contributed by atoms with Crippen molar-refractivity contribution >= 4 is 18.8 Å². The molecule has 1 nitrogen and oxygen atoms in total. The van der Waals surface area contributed by atoms with Gasteiger partial charge in [0.2, 0.25) is 0 Å². The highest BCUT2D eigenvalue weighted by atomic mass is 32.1. The Morgan fingerprint density at radius 1 is 0.800 bits per heavy atom. The van der Waals surface area contributed by atoms with Crippen molar-refractivity contribution in [3.05, 3.63) is 54.1 Å². The van der Waals surface area contributed by atoms with Gasteiger partial charge in [-0.15, -0.1) is 12.6 Å². The van der Waals surface area contributed by atoms with Gasteiger partial charge in [-0.25, -0.2) is 0 Å². The topological polar surface area (TPSA) is 23.9 Å². The molecule has 0 aromatic heterocycles. The number of nitrogens with one attached hydrogen (secondary N) is 1. The van der Waals surface area contributed by atoms with Gasteiger partial charge in [-0.3, -0.25) is 0 Å². The van der Waals surface area contributed by atoms with Crippen LogP contribution in [-0.4, -0.2) is 6.21 Å². The normalized spacial score (nSPS) is 9.93. The van der Waals surface area contributed by atoms with E-state index in [2.05, 4.69) is 12.6 Å². The van der Waals surface area contributed by atoms with E-state index in [1.807, 2.05) is 48.5 Å². The van der Waals surface area contributed by atoms with E-state index in [0.717, 1.165) is 16.0 Å². The van der Waals surface area contributed by atoms with Gasteiger partial charge in [0.1, 0.15) is 0 Å². The van der Waals surface area contributed by atoms with Crippen molar-refractivity contribution in [1.82, 2.24) is 0 Å². The van der Waals surface area contributed by atoms with E-state index in [1.165, 1.54) is 11.8 Å². The summed E-state index contributed by atoms with van der Waals surface area (Å²) in [6.07, 6.45) is 1.35. The fourth-order valence-corrected chi connectivity index (χ4v) is 1.57. The highest BCUT2D eigenvalue weighted by molar-refractivity contribution is 7.80. The van der Waals surface area contributed by atoms with Crippen LogP contribution < -0.4 is 0 Å². The summed E-state index contributed by atoms with van der Waals surface area (Å²) in [5, 5.41) is 7.11. The molecule has 0 fully saturated rings. The minimum atomic E-state index is 0.921. The third kappa shape index (κ3) is 2.28. The SMILES string of the molecule is N=Cc1ccc(-c2ccc(S)cc2)cc1. The largest absolute Gasteiger partial charge is 0.308 e. The van der Waals surface area contributed by atoms with Crippen LogP contribution in [0.15, 0.2) is 53.4 Å². The van der Waals surface area contributed by atoms with Crippen molar-refractivity contribution in [3.8, 4) is 11.1 Å². The predicted molar refractivity (Wildman–Crippen MR) is 67.0 cm³/mol. The molecule has 0 spiro atoms. The van der Waals surface area contributed by atoms with Gasteiger partial charge in [-0.05, 0) is 28.8 Å². The van der Waals surface area contributed by atoms with Crippen molar-refractivity contribution in [3.63, 3.8) is 0 Å². The highest BCUT2D eigenvalue weighted by Crippen LogP contribution is 2.20. The maximum atomic E-state index is 7.11. The molecule has 15 heavy (non-hydrogen) atoms. The summed E-state index contributed by atoms with van der Waals surface area (Å²) in [6, 6.07) is 16.0. The minimum Gasteiger partial charge on any atom is -0.308 e. The van der Waals surface area contributed by atoms with Crippen LogP contribution in [0.3, 0.4) is 0 Å². The van der Waals surface area contributed by atoms with Gasteiger partial charge in [0, 0.05) is 11.1 Å². The second kappa shape index (κ2) is 4.32. The Morgan fingerprint density at radius 3 is 1.73 bits per heavy atom. The maximum Gasteiger partial charge on any atom is 0.0250 e. The van der Waals surface area contributed by atoms with E-state index in [4.69, 9.17) is 5.41 Å². The maximum absolute atomic E-state index is 7.11. The van der Waals surface area contributed by atoms with E-state index >= 15 is 0 Å². The average molecular weight is 213 g/mol. The summed E-state index contributed by atoms with van der Waals surface area (Å²) in [4.78, 5) is 0.967. The predicted octanol–water partition coefficient (Wildman–Crippen LogP) is 3.64. The second-order valence-corrected chi connectivity index (χ2v) is 3.83. The van der Waals surface area contributed by atoms with Gasteiger partial charge < -0.3 is 5.41 Å². The summed E-state index contributed by atoms with van der Waals surface area (Å²) in [6.45, 7) is 0. The molecule has 0 heterocycles. The van der Waals surface area contributed by atoms with Gasteiger partial charge in [-0.2, -0.15) is 0 Å². The molecule has 74 valence electrons. The molecule has 2 aromatic carbocycles. The number of rotatable bonds is 2. The summed E-state index contributed by atoms with van der Waals surface area (Å²) in [5.74, 6) is 0. The Kier molecular flexibility index (Phi) is 2.88. The Hall–Kier alpha value is -1.54. The monoisotopic (exact) mass is 213 g/mol. The summed E-state index contributed by atoms with van der Waals surface area (Å²) in [5.41, 5.74) is 3.25. The molecule has 0 saturated heterocycles. The first-order valence-electron chi connectivity index (χ1n) is 4.69. The molecule has 0 atom stereocenters. The van der Waals surface area contributed by atoms with Gasteiger partial charge in [0.05, 0.1) is 0 Å². The minimum absolute atomic E-state index is 0.921. The first-order valence-corrected chi connectivity index (χ1v) is 5.14. The van der Waals surface area contributed by atoms with Crippen LogP contribution in [-0.2, 0) is 0 Å². The van der Waals surface area contributed by atoms with Crippen LogP contribution >= 0.6 is 12.6 Å². The van der Waals surface area contributed by atoms with Crippen molar-refractivity contribution in [2.75, 3.05) is 0 Å². The second-order valence-electron chi connectivity index (χ2n) is 3.31.